The van der Waals surface area contributed by atoms with Gasteiger partial charge in [0.1, 0.15) is 6.54 Å². The van der Waals surface area contributed by atoms with E-state index in [-0.39, 0.29) is 30.8 Å². The number of likely N-dealkylation sites (N-methyl/N-ethyl adjacent to an activating group) is 1. The third-order valence-electron chi connectivity index (χ3n) is 2.24. The van der Waals surface area contributed by atoms with Gasteiger partial charge in [-0.15, -0.1) is 11.6 Å². The standard InChI is InChI=1S/C10H16ClN3O3/c1-14(6-9(16)12-7-2-3-7)10(17)13-8(15)4-5-11/h7H,2-6H2,1H3,(H,12,16)(H,13,15,17). The molecule has 1 aliphatic carbocycles. The Labute approximate surface area is 105 Å². The van der Waals surface area contributed by atoms with Crippen LogP contribution in [-0.4, -0.2) is 48.3 Å². The van der Waals surface area contributed by atoms with Crippen molar-refractivity contribution in [3.05, 3.63) is 0 Å². The molecule has 6 nitrogen and oxygen atoms in total. The maximum atomic E-state index is 11.4. The number of nitrogens with zero attached hydrogens (tertiary/aromatic N) is 1. The molecule has 17 heavy (non-hydrogen) atoms. The first kappa shape index (κ1) is 13.8. The van der Waals surface area contributed by atoms with Crippen LogP contribution in [0.25, 0.3) is 0 Å². The highest BCUT2D eigenvalue weighted by Crippen LogP contribution is 2.18. The molecule has 2 N–H and O–H groups in total. The van der Waals surface area contributed by atoms with E-state index in [9.17, 15) is 14.4 Å². The molecule has 7 heteroatoms. The van der Waals surface area contributed by atoms with E-state index >= 15 is 0 Å². The minimum atomic E-state index is -0.592. The van der Waals surface area contributed by atoms with Crippen molar-refractivity contribution in [3.8, 4) is 0 Å². The zero-order valence-electron chi connectivity index (χ0n) is 9.66. The van der Waals surface area contributed by atoms with Crippen molar-refractivity contribution in [3.63, 3.8) is 0 Å². The number of imide groups is 1. The highest BCUT2D eigenvalue weighted by atomic mass is 35.5. The average molecular weight is 262 g/mol. The van der Waals surface area contributed by atoms with Crippen LogP contribution in [0.4, 0.5) is 4.79 Å². The Kier molecular flexibility index (Phi) is 5.21. The third-order valence-corrected chi connectivity index (χ3v) is 2.43. The second kappa shape index (κ2) is 6.44. The minimum Gasteiger partial charge on any atom is -0.352 e. The second-order valence-corrected chi connectivity index (χ2v) is 4.37. The van der Waals surface area contributed by atoms with Gasteiger partial charge in [0, 0.05) is 25.4 Å². The number of carbonyl (C=O) groups excluding carboxylic acids is 3. The lowest BCUT2D eigenvalue weighted by Crippen LogP contribution is -2.45. The molecule has 0 atom stereocenters. The zero-order valence-corrected chi connectivity index (χ0v) is 10.4. The van der Waals surface area contributed by atoms with Crippen molar-refractivity contribution in [1.29, 1.82) is 0 Å². The van der Waals surface area contributed by atoms with Gasteiger partial charge >= 0.3 is 6.03 Å². The average Bonchev–Trinajstić information content (AvgIpc) is 3.01. The van der Waals surface area contributed by atoms with Gasteiger partial charge in [-0.25, -0.2) is 4.79 Å². The van der Waals surface area contributed by atoms with Gasteiger partial charge in [-0.2, -0.15) is 0 Å². The van der Waals surface area contributed by atoms with Crippen LogP contribution in [-0.2, 0) is 9.59 Å². The molecular weight excluding hydrogens is 246 g/mol. The Balaban J connectivity index is 2.24. The molecule has 1 rings (SSSR count). The molecule has 0 aromatic rings. The van der Waals surface area contributed by atoms with E-state index in [1.54, 1.807) is 0 Å². The first-order chi connectivity index (χ1) is 8.02. The summed E-state index contributed by atoms with van der Waals surface area (Å²) in [7, 11) is 1.45. The molecule has 96 valence electrons. The SMILES string of the molecule is CN(CC(=O)NC1CC1)C(=O)NC(=O)CCCl. The Morgan fingerprint density at radius 1 is 1.29 bits per heavy atom. The van der Waals surface area contributed by atoms with Crippen LogP contribution < -0.4 is 10.6 Å². The lowest BCUT2D eigenvalue weighted by molar-refractivity contribution is -0.122. The number of nitrogens with one attached hydrogen (secondary N) is 2. The number of halogens is 1. The van der Waals surface area contributed by atoms with Gasteiger partial charge in [0.2, 0.25) is 11.8 Å². The predicted molar refractivity (Wildman–Crippen MR) is 62.7 cm³/mol. The van der Waals surface area contributed by atoms with Gasteiger partial charge in [0.15, 0.2) is 0 Å². The molecule has 4 amide bonds. The summed E-state index contributed by atoms with van der Waals surface area (Å²) in [6, 6.07) is -0.331. The van der Waals surface area contributed by atoms with Crippen molar-refractivity contribution in [2.75, 3.05) is 19.5 Å². The molecule has 0 heterocycles. The monoisotopic (exact) mass is 261 g/mol. The Morgan fingerprint density at radius 3 is 2.47 bits per heavy atom. The van der Waals surface area contributed by atoms with Crippen LogP contribution in [0.15, 0.2) is 0 Å². The van der Waals surface area contributed by atoms with Gasteiger partial charge in [-0.05, 0) is 12.8 Å². The quantitative estimate of drug-likeness (QED) is 0.687. The van der Waals surface area contributed by atoms with E-state index < -0.39 is 11.9 Å². The van der Waals surface area contributed by atoms with Gasteiger partial charge in [-0.3, -0.25) is 14.9 Å². The fraction of sp³-hybridized carbons (Fsp3) is 0.700. The maximum Gasteiger partial charge on any atom is 0.324 e. The summed E-state index contributed by atoms with van der Waals surface area (Å²) >= 11 is 5.36. The lowest BCUT2D eigenvalue weighted by atomic mass is 10.4. The van der Waals surface area contributed by atoms with E-state index in [4.69, 9.17) is 11.6 Å². The molecule has 1 aliphatic rings. The fourth-order valence-electron chi connectivity index (χ4n) is 1.15. The van der Waals surface area contributed by atoms with Crippen molar-refractivity contribution < 1.29 is 14.4 Å². The minimum absolute atomic E-state index is 0.0590. The normalized spacial score (nSPS) is 14.0. The largest absolute Gasteiger partial charge is 0.352 e. The Hall–Kier alpha value is -1.30. The molecule has 0 aliphatic heterocycles. The number of hydrogen-bond acceptors (Lipinski definition) is 3. The fourth-order valence-corrected chi connectivity index (χ4v) is 1.32. The summed E-state index contributed by atoms with van der Waals surface area (Å²) in [5.41, 5.74) is 0. The maximum absolute atomic E-state index is 11.4. The number of carbonyl (C=O) groups is 3. The number of hydrogen-bond donors (Lipinski definition) is 2. The summed E-state index contributed by atoms with van der Waals surface area (Å²) < 4.78 is 0. The van der Waals surface area contributed by atoms with Crippen LogP contribution in [0.1, 0.15) is 19.3 Å². The van der Waals surface area contributed by atoms with Gasteiger partial charge in [0.25, 0.3) is 0 Å². The van der Waals surface area contributed by atoms with E-state index in [0.29, 0.717) is 0 Å². The van der Waals surface area contributed by atoms with E-state index in [2.05, 4.69) is 10.6 Å². The highest BCUT2D eigenvalue weighted by Gasteiger charge is 2.24. The van der Waals surface area contributed by atoms with Gasteiger partial charge in [-0.1, -0.05) is 0 Å². The van der Waals surface area contributed by atoms with Crippen molar-refractivity contribution >= 4 is 29.4 Å². The molecular formula is C10H16ClN3O3. The summed E-state index contributed by atoms with van der Waals surface area (Å²) in [5, 5.41) is 4.89. The Bertz CT molecular complexity index is 318. The van der Waals surface area contributed by atoms with Crippen LogP contribution in [0.3, 0.4) is 0 Å². The summed E-state index contributed by atoms with van der Waals surface area (Å²) in [6.07, 6.45) is 2.07. The molecule has 1 fully saturated rings. The van der Waals surface area contributed by atoms with Gasteiger partial charge in [0.05, 0.1) is 0 Å². The van der Waals surface area contributed by atoms with Crippen LogP contribution in [0, 0.1) is 0 Å². The molecule has 0 spiro atoms. The van der Waals surface area contributed by atoms with Crippen LogP contribution >= 0.6 is 11.6 Å². The van der Waals surface area contributed by atoms with Crippen molar-refractivity contribution in [2.45, 2.75) is 25.3 Å². The third kappa shape index (κ3) is 5.53. The van der Waals surface area contributed by atoms with Crippen molar-refractivity contribution in [1.82, 2.24) is 15.5 Å². The molecule has 0 aromatic heterocycles. The number of amides is 4. The summed E-state index contributed by atoms with van der Waals surface area (Å²) in [5.74, 6) is -0.500. The summed E-state index contributed by atoms with van der Waals surface area (Å²) in [4.78, 5) is 35.1. The molecule has 1 saturated carbocycles. The topological polar surface area (TPSA) is 78.5 Å². The molecule has 0 saturated heterocycles. The van der Waals surface area contributed by atoms with E-state index in [1.165, 1.54) is 7.05 Å². The lowest BCUT2D eigenvalue weighted by Gasteiger charge is -2.16. The molecule has 0 aromatic carbocycles. The van der Waals surface area contributed by atoms with Crippen molar-refractivity contribution in [2.24, 2.45) is 0 Å². The first-order valence-corrected chi connectivity index (χ1v) is 5.96. The molecule has 0 unspecified atom stereocenters. The highest BCUT2D eigenvalue weighted by molar-refractivity contribution is 6.19. The zero-order chi connectivity index (χ0) is 12.8. The predicted octanol–water partition coefficient (Wildman–Crippen LogP) is 0.0619. The smallest absolute Gasteiger partial charge is 0.324 e. The number of alkyl halides is 1. The molecule has 0 bridgehead atoms. The summed E-state index contributed by atoms with van der Waals surface area (Å²) in [6.45, 7) is -0.0590. The van der Waals surface area contributed by atoms with Crippen LogP contribution in [0.2, 0.25) is 0 Å². The van der Waals surface area contributed by atoms with E-state index in [0.717, 1.165) is 17.7 Å². The Morgan fingerprint density at radius 2 is 1.94 bits per heavy atom. The molecule has 0 radical (unpaired) electrons. The first-order valence-electron chi connectivity index (χ1n) is 5.43. The number of urea groups is 1. The van der Waals surface area contributed by atoms with E-state index in [1.807, 2.05) is 0 Å². The van der Waals surface area contributed by atoms with Crippen LogP contribution in [0.5, 0.6) is 0 Å². The number of rotatable bonds is 5. The van der Waals surface area contributed by atoms with Gasteiger partial charge < -0.3 is 10.2 Å². The second-order valence-electron chi connectivity index (χ2n) is 3.99.